The summed E-state index contributed by atoms with van der Waals surface area (Å²) in [7, 11) is 0. The fourth-order valence-corrected chi connectivity index (χ4v) is 2.60. The Balaban J connectivity index is 2.67. The second-order valence-electron chi connectivity index (χ2n) is 3.24. The molecule has 15 heavy (non-hydrogen) atoms. The predicted molar refractivity (Wildman–Crippen MR) is 60.7 cm³/mol. The van der Waals surface area contributed by atoms with Crippen molar-refractivity contribution in [2.75, 3.05) is 0 Å². The van der Waals surface area contributed by atoms with Crippen molar-refractivity contribution < 1.29 is 9.90 Å². The minimum absolute atomic E-state index is 0.549. The number of aliphatic carboxylic acids is 1. The molecule has 1 aromatic heterocycles. The number of fused-ring (bicyclic) bond motifs is 1. The number of nitrogens with zero attached hydrogens (tertiary/aromatic N) is 1. The maximum absolute atomic E-state index is 10.9. The zero-order valence-electron chi connectivity index (χ0n) is 7.90. The molecular weight excluding hydrogens is 234 g/mol. The van der Waals surface area contributed by atoms with Crippen LogP contribution in [0, 0.1) is 0 Å². The van der Waals surface area contributed by atoms with Crippen LogP contribution in [0.1, 0.15) is 18.5 Å². The maximum atomic E-state index is 10.9. The summed E-state index contributed by atoms with van der Waals surface area (Å²) >= 11 is 7.30. The molecule has 3 nitrogen and oxygen atoms in total. The topological polar surface area (TPSA) is 50.2 Å². The lowest BCUT2D eigenvalue weighted by Crippen LogP contribution is -2.07. The van der Waals surface area contributed by atoms with Crippen LogP contribution in [0.15, 0.2) is 18.2 Å². The zero-order valence-corrected chi connectivity index (χ0v) is 9.47. The van der Waals surface area contributed by atoms with Gasteiger partial charge in [-0.25, -0.2) is 0 Å². The van der Waals surface area contributed by atoms with Gasteiger partial charge in [0.05, 0.1) is 21.3 Å². The number of carboxylic acids is 1. The van der Waals surface area contributed by atoms with E-state index >= 15 is 0 Å². The average molecular weight is 242 g/mol. The molecular formula is C10H8ClNO2S. The number of hydrogen-bond acceptors (Lipinski definition) is 3. The Morgan fingerprint density at radius 2 is 2.33 bits per heavy atom. The fraction of sp³-hybridized carbons (Fsp3) is 0.200. The van der Waals surface area contributed by atoms with Crippen LogP contribution >= 0.6 is 23.1 Å². The van der Waals surface area contributed by atoms with Crippen LogP contribution < -0.4 is 0 Å². The lowest BCUT2D eigenvalue weighted by atomic mass is 10.0. The molecule has 1 N–H and O–H groups in total. The monoisotopic (exact) mass is 241 g/mol. The van der Waals surface area contributed by atoms with E-state index in [0.29, 0.717) is 10.7 Å². The Labute approximate surface area is 95.5 Å². The van der Waals surface area contributed by atoms with Crippen molar-refractivity contribution in [3.05, 3.63) is 28.9 Å². The third kappa shape index (κ3) is 1.70. The molecule has 1 aromatic carbocycles. The number of rotatable bonds is 2. The van der Waals surface area contributed by atoms with E-state index in [1.165, 1.54) is 11.5 Å². The van der Waals surface area contributed by atoms with Crippen molar-refractivity contribution in [1.29, 1.82) is 0 Å². The SMILES string of the molecule is CC(C(=O)O)c1nsc2cccc(Cl)c12. The Morgan fingerprint density at radius 3 is 3.00 bits per heavy atom. The molecule has 1 atom stereocenters. The van der Waals surface area contributed by atoms with Gasteiger partial charge in [0, 0.05) is 5.39 Å². The molecule has 0 aliphatic heterocycles. The lowest BCUT2D eigenvalue weighted by molar-refractivity contribution is -0.138. The van der Waals surface area contributed by atoms with Gasteiger partial charge in [-0.3, -0.25) is 4.79 Å². The molecule has 0 bridgehead atoms. The van der Waals surface area contributed by atoms with Gasteiger partial charge < -0.3 is 5.11 Å². The van der Waals surface area contributed by atoms with Crippen LogP contribution in [0.2, 0.25) is 5.02 Å². The number of carbonyl (C=O) groups is 1. The molecule has 0 amide bonds. The Hall–Kier alpha value is -1.13. The van der Waals surface area contributed by atoms with Crippen molar-refractivity contribution >= 4 is 39.2 Å². The molecule has 78 valence electrons. The van der Waals surface area contributed by atoms with Gasteiger partial charge >= 0.3 is 5.97 Å². The molecule has 1 unspecified atom stereocenters. The van der Waals surface area contributed by atoms with Gasteiger partial charge in [-0.1, -0.05) is 17.7 Å². The summed E-state index contributed by atoms with van der Waals surface area (Å²) in [5.74, 6) is -1.51. The third-order valence-electron chi connectivity index (χ3n) is 2.25. The molecule has 2 aromatic rings. The van der Waals surface area contributed by atoms with E-state index in [2.05, 4.69) is 4.37 Å². The highest BCUT2D eigenvalue weighted by Gasteiger charge is 2.21. The number of halogens is 1. The lowest BCUT2D eigenvalue weighted by Gasteiger charge is -2.03. The highest BCUT2D eigenvalue weighted by molar-refractivity contribution is 7.13. The summed E-state index contributed by atoms with van der Waals surface area (Å²) in [5.41, 5.74) is 0.549. The van der Waals surface area contributed by atoms with Crippen LogP contribution in [0.4, 0.5) is 0 Å². The van der Waals surface area contributed by atoms with Crippen LogP contribution in [0.5, 0.6) is 0 Å². The molecule has 0 aliphatic rings. The highest BCUT2D eigenvalue weighted by atomic mass is 35.5. The van der Waals surface area contributed by atoms with Crippen molar-refractivity contribution in [1.82, 2.24) is 4.37 Å². The first-order chi connectivity index (χ1) is 7.11. The molecule has 2 rings (SSSR count). The van der Waals surface area contributed by atoms with E-state index in [-0.39, 0.29) is 0 Å². The number of hydrogen-bond donors (Lipinski definition) is 1. The molecule has 0 radical (unpaired) electrons. The first-order valence-electron chi connectivity index (χ1n) is 4.38. The second-order valence-corrected chi connectivity index (χ2v) is 4.45. The van der Waals surface area contributed by atoms with Crippen LogP contribution in [-0.4, -0.2) is 15.4 Å². The van der Waals surface area contributed by atoms with Crippen molar-refractivity contribution in [2.45, 2.75) is 12.8 Å². The molecule has 0 saturated heterocycles. The van der Waals surface area contributed by atoms with Crippen LogP contribution in [-0.2, 0) is 4.79 Å². The van der Waals surface area contributed by atoms with Gasteiger partial charge in [0.15, 0.2) is 0 Å². The first kappa shape index (κ1) is 10.4. The number of carboxylic acid groups (broad SMARTS) is 1. The quantitative estimate of drug-likeness (QED) is 0.879. The van der Waals surface area contributed by atoms with E-state index < -0.39 is 11.9 Å². The first-order valence-corrected chi connectivity index (χ1v) is 5.53. The number of aromatic nitrogens is 1. The van der Waals surface area contributed by atoms with Crippen molar-refractivity contribution in [3.63, 3.8) is 0 Å². The minimum atomic E-state index is -0.887. The van der Waals surface area contributed by atoms with Gasteiger partial charge in [-0.05, 0) is 30.6 Å². The van der Waals surface area contributed by atoms with E-state index in [1.807, 2.05) is 12.1 Å². The second kappa shape index (κ2) is 3.79. The summed E-state index contributed by atoms with van der Waals surface area (Å²) in [5, 5.41) is 10.2. The Bertz CT molecular complexity index is 523. The van der Waals surface area contributed by atoms with E-state index in [9.17, 15) is 4.79 Å². The summed E-state index contributed by atoms with van der Waals surface area (Å²) in [4.78, 5) is 10.9. The largest absolute Gasteiger partial charge is 0.481 e. The molecule has 0 aliphatic carbocycles. The predicted octanol–water partition coefficient (Wildman–Crippen LogP) is 3.14. The Morgan fingerprint density at radius 1 is 1.60 bits per heavy atom. The summed E-state index contributed by atoms with van der Waals surface area (Å²) in [6.07, 6.45) is 0. The van der Waals surface area contributed by atoms with Crippen LogP contribution in [0.25, 0.3) is 10.1 Å². The highest BCUT2D eigenvalue weighted by Crippen LogP contribution is 2.33. The molecule has 0 fully saturated rings. The minimum Gasteiger partial charge on any atom is -0.481 e. The van der Waals surface area contributed by atoms with E-state index in [4.69, 9.17) is 16.7 Å². The normalized spacial score (nSPS) is 12.9. The zero-order chi connectivity index (χ0) is 11.0. The molecule has 0 spiro atoms. The standard InChI is InChI=1S/C10H8ClNO2S/c1-5(10(13)14)9-8-6(11)3-2-4-7(8)15-12-9/h2-5H,1H3,(H,13,14). The summed E-state index contributed by atoms with van der Waals surface area (Å²) < 4.78 is 5.08. The number of benzene rings is 1. The maximum Gasteiger partial charge on any atom is 0.312 e. The van der Waals surface area contributed by atoms with Crippen molar-refractivity contribution in [2.24, 2.45) is 0 Å². The Kier molecular flexibility index (Phi) is 2.63. The van der Waals surface area contributed by atoms with Gasteiger partial charge in [0.25, 0.3) is 0 Å². The third-order valence-corrected chi connectivity index (χ3v) is 3.39. The van der Waals surface area contributed by atoms with Gasteiger partial charge in [-0.2, -0.15) is 4.37 Å². The van der Waals surface area contributed by atoms with Gasteiger partial charge in [-0.15, -0.1) is 0 Å². The fourth-order valence-electron chi connectivity index (χ4n) is 1.39. The average Bonchev–Trinajstić information content (AvgIpc) is 2.61. The van der Waals surface area contributed by atoms with Crippen molar-refractivity contribution in [3.8, 4) is 0 Å². The van der Waals surface area contributed by atoms with E-state index in [0.717, 1.165) is 10.1 Å². The molecule has 0 saturated carbocycles. The molecule has 5 heteroatoms. The summed E-state index contributed by atoms with van der Waals surface area (Å²) in [6.45, 7) is 1.61. The van der Waals surface area contributed by atoms with Crippen LogP contribution in [0.3, 0.4) is 0 Å². The smallest absolute Gasteiger partial charge is 0.312 e. The van der Waals surface area contributed by atoms with E-state index in [1.54, 1.807) is 13.0 Å². The molecule has 1 heterocycles. The van der Waals surface area contributed by atoms with Gasteiger partial charge in [0.2, 0.25) is 0 Å². The summed E-state index contributed by atoms with van der Waals surface area (Å²) in [6, 6.07) is 5.46. The van der Waals surface area contributed by atoms with Gasteiger partial charge in [0.1, 0.15) is 0 Å².